The van der Waals surface area contributed by atoms with Crippen molar-refractivity contribution in [3.63, 3.8) is 0 Å². The third-order valence-electron chi connectivity index (χ3n) is 3.64. The van der Waals surface area contributed by atoms with Crippen LogP contribution in [-0.2, 0) is 6.54 Å². The van der Waals surface area contributed by atoms with E-state index in [1.165, 1.54) is 7.11 Å². The maximum Gasteiger partial charge on any atom is 0.160 e. The van der Waals surface area contributed by atoms with Crippen LogP contribution < -0.4 is 4.74 Å². The third-order valence-corrected chi connectivity index (χ3v) is 3.64. The smallest absolute Gasteiger partial charge is 0.160 e. The van der Waals surface area contributed by atoms with E-state index in [1.807, 2.05) is 25.1 Å². The number of nitriles is 1. The molecule has 4 nitrogen and oxygen atoms in total. The largest absolute Gasteiger partial charge is 0.504 e. The van der Waals surface area contributed by atoms with Crippen molar-refractivity contribution in [3.05, 3.63) is 59.7 Å². The van der Waals surface area contributed by atoms with E-state index in [4.69, 9.17) is 4.74 Å². The summed E-state index contributed by atoms with van der Waals surface area (Å²) in [5.41, 5.74) is 1.98. The van der Waals surface area contributed by atoms with Crippen LogP contribution in [0.4, 0.5) is 0 Å². The predicted molar refractivity (Wildman–Crippen MR) is 85.5 cm³/mol. The van der Waals surface area contributed by atoms with Crippen molar-refractivity contribution in [1.82, 2.24) is 4.90 Å². The van der Waals surface area contributed by atoms with Gasteiger partial charge in [0.2, 0.25) is 0 Å². The average Bonchev–Trinajstić information content (AvgIpc) is 2.56. The lowest BCUT2D eigenvalue weighted by atomic mass is 10.0. The fourth-order valence-electron chi connectivity index (χ4n) is 2.43. The van der Waals surface area contributed by atoms with E-state index in [1.54, 1.807) is 18.2 Å². The molecule has 0 aromatic heterocycles. The SMILES string of the molecule is CCN(Cc1ccccc1)C(C#N)c1ccc(O)c(OC)c1. The summed E-state index contributed by atoms with van der Waals surface area (Å²) < 4.78 is 5.13. The summed E-state index contributed by atoms with van der Waals surface area (Å²) in [5.74, 6) is 0.461. The standard InChI is InChI=1S/C18H20N2O2/c1-3-20(13-14-7-5-4-6-8-14)16(12-19)15-9-10-17(21)18(11-15)22-2/h4-11,16,21H,3,13H2,1-2H3. The van der Waals surface area contributed by atoms with Crippen LogP contribution in [0.3, 0.4) is 0 Å². The molecule has 0 bridgehead atoms. The Kier molecular flexibility index (Phi) is 5.40. The van der Waals surface area contributed by atoms with E-state index < -0.39 is 0 Å². The van der Waals surface area contributed by atoms with E-state index >= 15 is 0 Å². The molecule has 2 rings (SSSR count). The molecule has 114 valence electrons. The summed E-state index contributed by atoms with van der Waals surface area (Å²) in [6, 6.07) is 17.1. The molecule has 0 aliphatic heterocycles. The summed E-state index contributed by atoms with van der Waals surface area (Å²) >= 11 is 0. The van der Waals surface area contributed by atoms with Crippen molar-refractivity contribution >= 4 is 0 Å². The minimum absolute atomic E-state index is 0.0778. The molecule has 22 heavy (non-hydrogen) atoms. The molecule has 0 heterocycles. The van der Waals surface area contributed by atoms with Crippen LogP contribution in [0, 0.1) is 11.3 Å². The number of benzene rings is 2. The molecule has 0 amide bonds. The zero-order valence-corrected chi connectivity index (χ0v) is 12.9. The van der Waals surface area contributed by atoms with Crippen molar-refractivity contribution in [1.29, 1.82) is 5.26 Å². The Balaban J connectivity index is 2.27. The number of aromatic hydroxyl groups is 1. The van der Waals surface area contributed by atoms with Gasteiger partial charge in [0.05, 0.1) is 13.2 Å². The van der Waals surface area contributed by atoms with Gasteiger partial charge in [-0.25, -0.2) is 0 Å². The van der Waals surface area contributed by atoms with Crippen LogP contribution in [0.2, 0.25) is 0 Å². The van der Waals surface area contributed by atoms with Crippen LogP contribution in [0.15, 0.2) is 48.5 Å². The summed E-state index contributed by atoms with van der Waals surface area (Å²) in [6.07, 6.45) is 0. The minimum Gasteiger partial charge on any atom is -0.504 e. The van der Waals surface area contributed by atoms with E-state index in [2.05, 4.69) is 23.1 Å². The molecule has 1 N–H and O–H groups in total. The molecular formula is C18H20N2O2. The minimum atomic E-state index is -0.389. The molecule has 0 radical (unpaired) electrons. The number of phenols is 1. The number of ether oxygens (including phenoxy) is 1. The highest BCUT2D eigenvalue weighted by atomic mass is 16.5. The fraction of sp³-hybridized carbons (Fsp3) is 0.278. The van der Waals surface area contributed by atoms with E-state index in [0.29, 0.717) is 12.3 Å². The van der Waals surface area contributed by atoms with Crippen molar-refractivity contribution in [2.45, 2.75) is 19.5 Å². The van der Waals surface area contributed by atoms with Gasteiger partial charge in [0.25, 0.3) is 0 Å². The molecular weight excluding hydrogens is 276 g/mol. The van der Waals surface area contributed by atoms with Crippen LogP contribution in [0.25, 0.3) is 0 Å². The lowest BCUT2D eigenvalue weighted by molar-refractivity contribution is 0.239. The number of methoxy groups -OCH3 is 1. The van der Waals surface area contributed by atoms with E-state index in [9.17, 15) is 10.4 Å². The normalized spacial score (nSPS) is 11.9. The molecule has 0 fully saturated rings. The van der Waals surface area contributed by atoms with E-state index in [0.717, 1.165) is 17.7 Å². The topological polar surface area (TPSA) is 56.5 Å². The third kappa shape index (κ3) is 3.57. The van der Waals surface area contributed by atoms with Gasteiger partial charge in [0.15, 0.2) is 11.5 Å². The zero-order chi connectivity index (χ0) is 15.9. The Labute approximate surface area is 131 Å². The highest BCUT2D eigenvalue weighted by molar-refractivity contribution is 5.43. The Morgan fingerprint density at radius 2 is 1.95 bits per heavy atom. The molecule has 0 aliphatic rings. The van der Waals surface area contributed by atoms with Gasteiger partial charge in [-0.15, -0.1) is 0 Å². The van der Waals surface area contributed by atoms with Crippen molar-refractivity contribution in [2.24, 2.45) is 0 Å². The van der Waals surface area contributed by atoms with Crippen molar-refractivity contribution < 1.29 is 9.84 Å². The van der Waals surface area contributed by atoms with Gasteiger partial charge < -0.3 is 9.84 Å². The van der Waals surface area contributed by atoms with Crippen LogP contribution in [0.5, 0.6) is 11.5 Å². The quantitative estimate of drug-likeness (QED) is 0.886. The van der Waals surface area contributed by atoms with E-state index in [-0.39, 0.29) is 11.8 Å². The molecule has 2 aromatic rings. The Bertz CT molecular complexity index is 650. The molecule has 0 saturated heterocycles. The average molecular weight is 296 g/mol. The molecule has 1 unspecified atom stereocenters. The molecule has 0 saturated carbocycles. The first-order valence-corrected chi connectivity index (χ1v) is 7.24. The molecule has 4 heteroatoms. The van der Waals surface area contributed by atoms with Gasteiger partial charge >= 0.3 is 0 Å². The molecule has 2 aromatic carbocycles. The summed E-state index contributed by atoms with van der Waals surface area (Å²) in [6.45, 7) is 3.47. The van der Waals surface area contributed by atoms with Gasteiger partial charge in [0.1, 0.15) is 6.04 Å². The number of rotatable bonds is 6. The summed E-state index contributed by atoms with van der Waals surface area (Å²) in [7, 11) is 1.50. The van der Waals surface area contributed by atoms with Crippen molar-refractivity contribution in [3.8, 4) is 17.6 Å². The molecule has 1 atom stereocenters. The number of phenolic OH excluding ortho intramolecular Hbond substituents is 1. The van der Waals surface area contributed by atoms with Crippen LogP contribution in [-0.4, -0.2) is 23.7 Å². The zero-order valence-electron chi connectivity index (χ0n) is 12.9. The Morgan fingerprint density at radius 1 is 1.23 bits per heavy atom. The van der Waals surface area contributed by atoms with Gasteiger partial charge in [-0.05, 0) is 29.8 Å². The van der Waals surface area contributed by atoms with Gasteiger partial charge in [0, 0.05) is 6.54 Å². The lowest BCUT2D eigenvalue weighted by Gasteiger charge is -2.26. The second-order valence-corrected chi connectivity index (χ2v) is 5.01. The monoisotopic (exact) mass is 296 g/mol. The van der Waals surface area contributed by atoms with Gasteiger partial charge in [-0.2, -0.15) is 5.26 Å². The fourth-order valence-corrected chi connectivity index (χ4v) is 2.43. The highest BCUT2D eigenvalue weighted by Gasteiger charge is 2.20. The second-order valence-electron chi connectivity index (χ2n) is 5.01. The first kappa shape index (κ1) is 15.9. The predicted octanol–water partition coefficient (Wildman–Crippen LogP) is 3.49. The number of nitrogens with zero attached hydrogens (tertiary/aromatic N) is 2. The second kappa shape index (κ2) is 7.48. The maximum absolute atomic E-state index is 9.70. The highest BCUT2D eigenvalue weighted by Crippen LogP contribution is 2.31. The first-order chi connectivity index (χ1) is 10.7. The Hall–Kier alpha value is -2.51. The Morgan fingerprint density at radius 3 is 2.55 bits per heavy atom. The van der Waals surface area contributed by atoms with Crippen LogP contribution >= 0.6 is 0 Å². The van der Waals surface area contributed by atoms with Crippen LogP contribution in [0.1, 0.15) is 24.1 Å². The molecule has 0 spiro atoms. The summed E-state index contributed by atoms with van der Waals surface area (Å²) in [5, 5.41) is 19.3. The first-order valence-electron chi connectivity index (χ1n) is 7.24. The number of hydrogen-bond donors (Lipinski definition) is 1. The summed E-state index contributed by atoms with van der Waals surface area (Å²) in [4.78, 5) is 2.08. The molecule has 0 aliphatic carbocycles. The lowest BCUT2D eigenvalue weighted by Crippen LogP contribution is -2.27. The number of hydrogen-bond acceptors (Lipinski definition) is 4. The van der Waals surface area contributed by atoms with Crippen molar-refractivity contribution in [2.75, 3.05) is 13.7 Å². The maximum atomic E-state index is 9.70. The van der Waals surface area contributed by atoms with Gasteiger partial charge in [-0.3, -0.25) is 4.90 Å². The van der Waals surface area contributed by atoms with Gasteiger partial charge in [-0.1, -0.05) is 43.3 Å².